The fraction of sp³-hybridized carbons (Fsp3) is 0.357. The topological polar surface area (TPSA) is 24.9 Å². The lowest BCUT2D eigenvalue weighted by molar-refractivity contribution is 0.491. The minimum absolute atomic E-state index is 0.0191. The van der Waals surface area contributed by atoms with Gasteiger partial charge in [0.1, 0.15) is 10.8 Å². The summed E-state index contributed by atoms with van der Waals surface area (Å²) in [6, 6.07) is 4.95. The zero-order chi connectivity index (χ0) is 14.0. The minimum atomic E-state index is -0.230. The monoisotopic (exact) mass is 296 g/mol. The summed E-state index contributed by atoms with van der Waals surface area (Å²) in [6.45, 7) is 5.16. The average molecular weight is 296 g/mol. The Balaban J connectivity index is 2.35. The predicted octanol–water partition coefficient (Wildman–Crippen LogP) is 2.95. The molecule has 1 unspecified atom stereocenters. The number of thiazole rings is 1. The molecule has 0 aliphatic heterocycles. The van der Waals surface area contributed by atoms with Crippen molar-refractivity contribution in [1.29, 1.82) is 0 Å². The van der Waals surface area contributed by atoms with E-state index in [1.165, 1.54) is 12.1 Å². The number of aromatic nitrogens is 1. The Kier molecular flexibility index (Phi) is 4.34. The Morgan fingerprint density at radius 1 is 1.37 bits per heavy atom. The number of rotatable bonds is 4. The highest BCUT2D eigenvalue weighted by molar-refractivity contribution is 7.27. The second-order valence-electron chi connectivity index (χ2n) is 5.23. The van der Waals surface area contributed by atoms with E-state index in [-0.39, 0.29) is 11.2 Å². The van der Waals surface area contributed by atoms with Crippen LogP contribution in [0.2, 0.25) is 0 Å². The molecule has 1 aromatic carbocycles. The number of hydrogen-bond acceptors (Lipinski definition) is 3. The summed E-state index contributed by atoms with van der Waals surface area (Å²) in [6.07, 6.45) is 0. The van der Waals surface area contributed by atoms with Crippen LogP contribution in [-0.4, -0.2) is 18.6 Å². The highest BCUT2D eigenvalue weighted by Crippen LogP contribution is 2.30. The minimum Gasteiger partial charge on any atom is -0.319 e. The maximum atomic E-state index is 13.4. The Hall–Kier alpha value is -0.830. The molecule has 1 atom stereocenters. The number of halogens is 1. The third-order valence-corrected chi connectivity index (χ3v) is 4.46. The molecule has 102 valence electrons. The van der Waals surface area contributed by atoms with Crippen LogP contribution in [0.25, 0.3) is 11.3 Å². The number of hydrogen-bond donors (Lipinski definition) is 1. The van der Waals surface area contributed by atoms with Crippen molar-refractivity contribution in [2.75, 3.05) is 13.6 Å². The van der Waals surface area contributed by atoms with E-state index in [0.29, 0.717) is 0 Å². The van der Waals surface area contributed by atoms with Gasteiger partial charge in [-0.05, 0) is 30.6 Å². The Bertz CT molecular complexity index is 560. The van der Waals surface area contributed by atoms with Gasteiger partial charge in [-0.2, -0.15) is 0 Å². The van der Waals surface area contributed by atoms with Crippen molar-refractivity contribution in [1.82, 2.24) is 10.3 Å². The van der Waals surface area contributed by atoms with Crippen LogP contribution in [-0.2, 0) is 5.41 Å². The lowest BCUT2D eigenvalue weighted by Gasteiger charge is -2.21. The van der Waals surface area contributed by atoms with Gasteiger partial charge in [0.05, 0.1) is 5.69 Å². The SMILES string of the molecule is CNCC(C)(C)c1nc(-c2cc(F)cc(P)c2)cs1. The summed E-state index contributed by atoms with van der Waals surface area (Å²) in [4.78, 5) is 4.66. The Labute approximate surface area is 119 Å². The maximum absolute atomic E-state index is 13.4. The van der Waals surface area contributed by atoms with Gasteiger partial charge in [-0.15, -0.1) is 20.6 Å². The van der Waals surface area contributed by atoms with Crippen LogP contribution in [0.5, 0.6) is 0 Å². The van der Waals surface area contributed by atoms with Gasteiger partial charge in [-0.25, -0.2) is 9.37 Å². The molecule has 2 aromatic rings. The number of benzene rings is 1. The van der Waals surface area contributed by atoms with Crippen LogP contribution in [0.1, 0.15) is 18.9 Å². The van der Waals surface area contributed by atoms with Crippen LogP contribution in [0.15, 0.2) is 23.6 Å². The summed E-state index contributed by atoms with van der Waals surface area (Å²) in [7, 11) is 4.46. The molecule has 5 heteroatoms. The lowest BCUT2D eigenvalue weighted by Crippen LogP contribution is -2.30. The molecule has 0 aliphatic carbocycles. The first kappa shape index (κ1) is 14.6. The first-order chi connectivity index (χ1) is 8.92. The summed E-state index contributed by atoms with van der Waals surface area (Å²) in [5.74, 6) is -0.230. The molecule has 0 fully saturated rings. The van der Waals surface area contributed by atoms with Crippen LogP contribution in [0, 0.1) is 5.82 Å². The van der Waals surface area contributed by atoms with Crippen LogP contribution >= 0.6 is 20.6 Å². The first-order valence-corrected chi connectivity index (χ1v) is 7.55. The van der Waals surface area contributed by atoms with Crippen LogP contribution in [0.4, 0.5) is 4.39 Å². The van der Waals surface area contributed by atoms with Crippen molar-refractivity contribution < 1.29 is 4.39 Å². The molecule has 1 N–H and O–H groups in total. The molecule has 2 nitrogen and oxygen atoms in total. The van der Waals surface area contributed by atoms with Crippen molar-refractivity contribution in [2.24, 2.45) is 0 Å². The summed E-state index contributed by atoms with van der Waals surface area (Å²) in [5, 5.41) is 7.06. The molecular formula is C14H18FN2PS. The number of nitrogens with one attached hydrogen (secondary N) is 1. The zero-order valence-electron chi connectivity index (χ0n) is 11.3. The first-order valence-electron chi connectivity index (χ1n) is 6.09. The molecule has 0 aliphatic rings. The van der Waals surface area contributed by atoms with E-state index in [0.717, 1.165) is 28.1 Å². The van der Waals surface area contributed by atoms with E-state index in [1.54, 1.807) is 11.3 Å². The zero-order valence-corrected chi connectivity index (χ0v) is 13.3. The quantitative estimate of drug-likeness (QED) is 0.878. The van der Waals surface area contributed by atoms with E-state index < -0.39 is 0 Å². The van der Waals surface area contributed by atoms with Gasteiger partial charge in [-0.1, -0.05) is 13.8 Å². The fourth-order valence-corrected chi connectivity index (χ4v) is 3.29. The second kappa shape index (κ2) is 5.66. The molecular weight excluding hydrogens is 278 g/mol. The van der Waals surface area contributed by atoms with E-state index in [9.17, 15) is 4.39 Å². The molecule has 0 amide bonds. The van der Waals surface area contributed by atoms with Gasteiger partial charge in [0, 0.05) is 22.9 Å². The normalized spacial score (nSPS) is 11.8. The van der Waals surface area contributed by atoms with E-state index in [2.05, 4.69) is 33.4 Å². The van der Waals surface area contributed by atoms with Gasteiger partial charge >= 0.3 is 0 Å². The second-order valence-corrected chi connectivity index (χ2v) is 6.75. The Morgan fingerprint density at radius 3 is 2.74 bits per heavy atom. The highest BCUT2D eigenvalue weighted by Gasteiger charge is 2.23. The highest BCUT2D eigenvalue weighted by atomic mass is 32.1. The summed E-state index contributed by atoms with van der Waals surface area (Å²) < 4.78 is 13.4. The third kappa shape index (κ3) is 3.38. The van der Waals surface area contributed by atoms with Crippen molar-refractivity contribution in [3.8, 4) is 11.3 Å². The average Bonchev–Trinajstić information content (AvgIpc) is 2.77. The molecule has 2 rings (SSSR count). The van der Waals surface area contributed by atoms with Gasteiger partial charge in [0.2, 0.25) is 0 Å². The molecule has 0 saturated carbocycles. The van der Waals surface area contributed by atoms with Crippen molar-refractivity contribution in [3.05, 3.63) is 34.4 Å². The van der Waals surface area contributed by atoms with Crippen LogP contribution in [0.3, 0.4) is 0 Å². The van der Waals surface area contributed by atoms with E-state index >= 15 is 0 Å². The van der Waals surface area contributed by atoms with Crippen molar-refractivity contribution in [2.45, 2.75) is 19.3 Å². The molecule has 19 heavy (non-hydrogen) atoms. The molecule has 1 aromatic heterocycles. The largest absolute Gasteiger partial charge is 0.319 e. The standard InChI is InChI=1S/C14H18FN2PS/c1-14(2,8-16-3)13-17-12(7-19-13)9-4-10(15)6-11(18)5-9/h4-7,16H,8,18H2,1-3H3. The van der Waals surface area contributed by atoms with Gasteiger partial charge < -0.3 is 5.32 Å². The summed E-state index contributed by atoms with van der Waals surface area (Å²) >= 11 is 1.62. The Morgan fingerprint density at radius 2 is 2.11 bits per heavy atom. The van der Waals surface area contributed by atoms with E-state index in [1.807, 2.05) is 18.5 Å². The molecule has 1 heterocycles. The summed E-state index contributed by atoms with van der Waals surface area (Å²) in [5.41, 5.74) is 1.65. The molecule has 0 radical (unpaired) electrons. The maximum Gasteiger partial charge on any atom is 0.124 e. The number of nitrogens with zero attached hydrogens (tertiary/aromatic N) is 1. The van der Waals surface area contributed by atoms with Gasteiger partial charge in [-0.3, -0.25) is 0 Å². The number of likely N-dealkylation sites (N-methyl/N-ethyl adjacent to an activating group) is 1. The van der Waals surface area contributed by atoms with Crippen LogP contribution < -0.4 is 10.6 Å². The van der Waals surface area contributed by atoms with Crippen molar-refractivity contribution in [3.63, 3.8) is 0 Å². The fourth-order valence-electron chi connectivity index (χ4n) is 1.99. The molecule has 0 saturated heterocycles. The lowest BCUT2D eigenvalue weighted by atomic mass is 9.94. The molecule has 0 bridgehead atoms. The third-order valence-electron chi connectivity index (χ3n) is 2.92. The molecule has 0 spiro atoms. The van der Waals surface area contributed by atoms with Gasteiger partial charge in [0.25, 0.3) is 0 Å². The van der Waals surface area contributed by atoms with Gasteiger partial charge in [0.15, 0.2) is 0 Å². The smallest absolute Gasteiger partial charge is 0.124 e. The van der Waals surface area contributed by atoms with Crippen molar-refractivity contribution >= 4 is 25.9 Å². The predicted molar refractivity (Wildman–Crippen MR) is 83.8 cm³/mol. The van der Waals surface area contributed by atoms with E-state index in [4.69, 9.17) is 0 Å².